The van der Waals surface area contributed by atoms with E-state index in [9.17, 15) is 17.6 Å². The zero-order valence-corrected chi connectivity index (χ0v) is 15.2. The van der Waals surface area contributed by atoms with Crippen molar-refractivity contribution < 1.29 is 17.6 Å². The van der Waals surface area contributed by atoms with Crippen LogP contribution in [0.5, 0.6) is 0 Å². The van der Waals surface area contributed by atoms with Gasteiger partial charge in [-0.15, -0.1) is 0 Å². The highest BCUT2D eigenvalue weighted by atomic mass is 35.5. The van der Waals surface area contributed by atoms with Crippen molar-refractivity contribution in [1.29, 1.82) is 0 Å². The van der Waals surface area contributed by atoms with Crippen LogP contribution in [0, 0.1) is 11.7 Å². The molecule has 1 N–H and O–H groups in total. The molecule has 1 aromatic carbocycles. The molecule has 1 aliphatic rings. The average molecular weight is 377 g/mol. The standard InChI is InChI=1S/C16H22ClFN2O3S/c1-2-3-10-24(22,23)20-8-6-12(7-9-20)16(21)19-13-4-5-14(17)15(18)11-13/h4-5,11-12H,2-3,6-10H2,1H3,(H,19,21). The van der Waals surface area contributed by atoms with Crippen LogP contribution >= 0.6 is 11.6 Å². The first-order chi connectivity index (χ1) is 11.3. The molecule has 1 amide bonds. The summed E-state index contributed by atoms with van der Waals surface area (Å²) in [6.07, 6.45) is 2.40. The number of benzene rings is 1. The third-order valence-corrected chi connectivity index (χ3v) is 6.42. The molecule has 0 unspecified atom stereocenters. The highest BCUT2D eigenvalue weighted by Gasteiger charge is 2.30. The van der Waals surface area contributed by atoms with Crippen molar-refractivity contribution in [3.63, 3.8) is 0 Å². The maximum absolute atomic E-state index is 13.4. The van der Waals surface area contributed by atoms with E-state index in [2.05, 4.69) is 5.32 Å². The van der Waals surface area contributed by atoms with Gasteiger partial charge in [-0.05, 0) is 37.5 Å². The molecule has 0 spiro atoms. The Morgan fingerprint density at radius 3 is 2.62 bits per heavy atom. The first-order valence-corrected chi connectivity index (χ1v) is 10.1. The van der Waals surface area contributed by atoms with E-state index in [0.29, 0.717) is 38.0 Å². The molecule has 134 valence electrons. The number of carbonyl (C=O) groups excluding carboxylic acids is 1. The molecule has 0 aromatic heterocycles. The predicted octanol–water partition coefficient (Wildman–Crippen LogP) is 3.26. The Bertz CT molecular complexity index is 689. The van der Waals surface area contributed by atoms with E-state index in [4.69, 9.17) is 11.6 Å². The van der Waals surface area contributed by atoms with E-state index < -0.39 is 15.8 Å². The SMILES string of the molecule is CCCCS(=O)(=O)N1CCC(C(=O)Nc2ccc(Cl)c(F)c2)CC1. The van der Waals surface area contributed by atoms with E-state index >= 15 is 0 Å². The van der Waals surface area contributed by atoms with Crippen LogP contribution in [0.1, 0.15) is 32.6 Å². The lowest BCUT2D eigenvalue weighted by atomic mass is 9.97. The van der Waals surface area contributed by atoms with Crippen molar-refractivity contribution in [3.8, 4) is 0 Å². The van der Waals surface area contributed by atoms with Crippen LogP contribution in [0.3, 0.4) is 0 Å². The molecule has 8 heteroatoms. The monoisotopic (exact) mass is 376 g/mol. The second kappa shape index (κ2) is 8.27. The molecule has 1 saturated heterocycles. The van der Waals surface area contributed by atoms with Crippen LogP contribution in [0.25, 0.3) is 0 Å². The van der Waals surface area contributed by atoms with Gasteiger partial charge >= 0.3 is 0 Å². The Labute approximate surface area is 147 Å². The molecule has 1 heterocycles. The van der Waals surface area contributed by atoms with Gasteiger partial charge in [0, 0.05) is 24.7 Å². The Hall–Kier alpha value is -1.18. The lowest BCUT2D eigenvalue weighted by Crippen LogP contribution is -2.42. The van der Waals surface area contributed by atoms with Crippen LogP contribution in [-0.4, -0.2) is 37.5 Å². The van der Waals surface area contributed by atoms with Crippen LogP contribution in [0.4, 0.5) is 10.1 Å². The molecule has 0 bridgehead atoms. The highest BCUT2D eigenvalue weighted by Crippen LogP contribution is 2.23. The molecule has 5 nitrogen and oxygen atoms in total. The number of piperidine rings is 1. The number of amides is 1. The molecule has 24 heavy (non-hydrogen) atoms. The van der Waals surface area contributed by atoms with Gasteiger partial charge in [0.15, 0.2) is 0 Å². The van der Waals surface area contributed by atoms with Gasteiger partial charge in [-0.2, -0.15) is 0 Å². The number of hydrogen-bond donors (Lipinski definition) is 1. The quantitative estimate of drug-likeness (QED) is 0.828. The first-order valence-electron chi connectivity index (χ1n) is 8.07. The second-order valence-electron chi connectivity index (χ2n) is 5.96. The minimum atomic E-state index is -3.23. The van der Waals surface area contributed by atoms with E-state index in [1.165, 1.54) is 22.5 Å². The normalized spacial score (nSPS) is 17.0. The molecule has 0 aliphatic carbocycles. The smallest absolute Gasteiger partial charge is 0.227 e. The summed E-state index contributed by atoms with van der Waals surface area (Å²) >= 11 is 5.61. The van der Waals surface area contributed by atoms with Crippen molar-refractivity contribution in [2.45, 2.75) is 32.6 Å². The highest BCUT2D eigenvalue weighted by molar-refractivity contribution is 7.89. The Morgan fingerprint density at radius 2 is 2.04 bits per heavy atom. The van der Waals surface area contributed by atoms with Gasteiger partial charge in [0.25, 0.3) is 0 Å². The molecular weight excluding hydrogens is 355 g/mol. The number of nitrogens with one attached hydrogen (secondary N) is 1. The van der Waals surface area contributed by atoms with Gasteiger partial charge in [-0.25, -0.2) is 17.1 Å². The van der Waals surface area contributed by atoms with E-state index in [0.717, 1.165) is 6.42 Å². The fraction of sp³-hybridized carbons (Fsp3) is 0.562. The van der Waals surface area contributed by atoms with Crippen molar-refractivity contribution in [2.75, 3.05) is 24.2 Å². The maximum atomic E-state index is 13.4. The van der Waals surface area contributed by atoms with Gasteiger partial charge < -0.3 is 5.32 Å². The zero-order valence-electron chi connectivity index (χ0n) is 13.6. The predicted molar refractivity (Wildman–Crippen MR) is 93.0 cm³/mol. The summed E-state index contributed by atoms with van der Waals surface area (Å²) in [7, 11) is -3.23. The Kier molecular flexibility index (Phi) is 6.60. The number of nitrogens with zero attached hydrogens (tertiary/aromatic N) is 1. The molecule has 0 atom stereocenters. The fourth-order valence-electron chi connectivity index (χ4n) is 2.67. The van der Waals surface area contributed by atoms with Crippen molar-refractivity contribution in [1.82, 2.24) is 4.31 Å². The van der Waals surface area contributed by atoms with Gasteiger partial charge in [-0.1, -0.05) is 24.9 Å². The third-order valence-electron chi connectivity index (χ3n) is 4.16. The molecule has 0 saturated carbocycles. The lowest BCUT2D eigenvalue weighted by molar-refractivity contribution is -0.120. The molecule has 2 rings (SSSR count). The number of unbranched alkanes of at least 4 members (excludes halogenated alkanes) is 1. The Balaban J connectivity index is 1.89. The van der Waals surface area contributed by atoms with E-state index in [-0.39, 0.29) is 22.6 Å². The summed E-state index contributed by atoms with van der Waals surface area (Å²) in [5.41, 5.74) is 0.347. The minimum absolute atomic E-state index is 0.00130. The number of carbonyl (C=O) groups is 1. The van der Waals surface area contributed by atoms with Gasteiger partial charge in [0.2, 0.25) is 15.9 Å². The zero-order chi connectivity index (χ0) is 17.7. The number of halogens is 2. The molecule has 1 aliphatic heterocycles. The largest absolute Gasteiger partial charge is 0.326 e. The van der Waals surface area contributed by atoms with Gasteiger partial charge in [0.1, 0.15) is 5.82 Å². The lowest BCUT2D eigenvalue weighted by Gasteiger charge is -2.30. The van der Waals surface area contributed by atoms with Crippen LogP contribution in [-0.2, 0) is 14.8 Å². The summed E-state index contributed by atoms with van der Waals surface area (Å²) in [6, 6.07) is 4.09. The van der Waals surface area contributed by atoms with Crippen molar-refractivity contribution in [3.05, 3.63) is 29.0 Å². The summed E-state index contributed by atoms with van der Waals surface area (Å²) < 4.78 is 39.2. The topological polar surface area (TPSA) is 66.5 Å². The summed E-state index contributed by atoms with van der Waals surface area (Å²) in [5.74, 6) is -0.931. The number of anilines is 1. The van der Waals surface area contributed by atoms with E-state index in [1.54, 1.807) is 0 Å². The second-order valence-corrected chi connectivity index (χ2v) is 8.46. The fourth-order valence-corrected chi connectivity index (χ4v) is 4.47. The van der Waals surface area contributed by atoms with Gasteiger partial charge in [-0.3, -0.25) is 4.79 Å². The van der Waals surface area contributed by atoms with Crippen molar-refractivity contribution in [2.24, 2.45) is 5.92 Å². The number of rotatable bonds is 6. The third kappa shape index (κ3) is 4.91. The molecule has 0 radical (unpaired) electrons. The van der Waals surface area contributed by atoms with Crippen LogP contribution in [0.2, 0.25) is 5.02 Å². The summed E-state index contributed by atoms with van der Waals surface area (Å²) in [4.78, 5) is 12.3. The summed E-state index contributed by atoms with van der Waals surface area (Å²) in [5, 5.41) is 2.66. The number of hydrogen-bond acceptors (Lipinski definition) is 3. The first kappa shape index (κ1) is 19.1. The average Bonchev–Trinajstić information content (AvgIpc) is 2.56. The van der Waals surface area contributed by atoms with Crippen LogP contribution < -0.4 is 5.32 Å². The van der Waals surface area contributed by atoms with E-state index in [1.807, 2.05) is 6.92 Å². The number of sulfonamides is 1. The van der Waals surface area contributed by atoms with Crippen LogP contribution in [0.15, 0.2) is 18.2 Å². The molecule has 1 fully saturated rings. The van der Waals surface area contributed by atoms with Gasteiger partial charge in [0.05, 0.1) is 10.8 Å². The Morgan fingerprint density at radius 1 is 1.38 bits per heavy atom. The summed E-state index contributed by atoms with van der Waals surface area (Å²) in [6.45, 7) is 2.64. The maximum Gasteiger partial charge on any atom is 0.227 e. The van der Waals surface area contributed by atoms with Crippen molar-refractivity contribution >= 4 is 33.2 Å². The minimum Gasteiger partial charge on any atom is -0.326 e. The molecule has 1 aromatic rings. The molecular formula is C16H22ClFN2O3S.